The van der Waals surface area contributed by atoms with Crippen molar-refractivity contribution in [2.75, 3.05) is 0 Å². The monoisotopic (exact) mass is 415 g/mol. The highest BCUT2D eigenvalue weighted by Crippen LogP contribution is 2.27. The number of hydrogen-bond acceptors (Lipinski definition) is 2. The smallest absolute Gasteiger partial charge is 0.251 e. The van der Waals surface area contributed by atoms with Crippen LogP contribution in [0.4, 0.5) is 0 Å². The van der Waals surface area contributed by atoms with Gasteiger partial charge in [0.1, 0.15) is 0 Å². The Hall–Kier alpha value is -2.18. The van der Waals surface area contributed by atoms with Gasteiger partial charge in [-0.05, 0) is 42.4 Å². The van der Waals surface area contributed by atoms with Crippen LogP contribution >= 0.6 is 28.1 Å². The second-order valence-corrected chi connectivity index (χ2v) is 7.11. The van der Waals surface area contributed by atoms with Crippen LogP contribution in [0.15, 0.2) is 70.3 Å². The first-order valence-corrected chi connectivity index (χ1v) is 9.10. The molecule has 0 fully saturated rings. The SMILES string of the molecule is CC1=C(C(=O)NCc2ccccc2)C(c2ccc(Br)cc2)NC(=S)N1. The highest BCUT2D eigenvalue weighted by atomic mass is 79.9. The molecule has 25 heavy (non-hydrogen) atoms. The summed E-state index contributed by atoms with van der Waals surface area (Å²) in [5.41, 5.74) is 3.45. The second kappa shape index (κ2) is 7.80. The molecule has 6 heteroatoms. The van der Waals surface area contributed by atoms with Gasteiger partial charge in [-0.3, -0.25) is 4.79 Å². The van der Waals surface area contributed by atoms with Gasteiger partial charge in [-0.15, -0.1) is 0 Å². The molecule has 2 aromatic carbocycles. The molecule has 0 bridgehead atoms. The van der Waals surface area contributed by atoms with E-state index in [1.54, 1.807) is 0 Å². The molecule has 1 aliphatic heterocycles. The molecule has 0 radical (unpaired) electrons. The zero-order valence-electron chi connectivity index (χ0n) is 13.7. The molecule has 0 saturated heterocycles. The Labute approximate surface area is 160 Å². The summed E-state index contributed by atoms with van der Waals surface area (Å²) >= 11 is 8.71. The van der Waals surface area contributed by atoms with E-state index in [9.17, 15) is 4.79 Å². The van der Waals surface area contributed by atoms with Gasteiger partial charge in [0, 0.05) is 16.7 Å². The summed E-state index contributed by atoms with van der Waals surface area (Å²) in [6, 6.07) is 17.4. The summed E-state index contributed by atoms with van der Waals surface area (Å²) in [6.45, 7) is 2.35. The van der Waals surface area contributed by atoms with E-state index in [2.05, 4.69) is 31.9 Å². The van der Waals surface area contributed by atoms with Gasteiger partial charge in [0.2, 0.25) is 0 Å². The molecule has 1 aliphatic rings. The molecule has 2 aromatic rings. The molecular weight excluding hydrogens is 398 g/mol. The van der Waals surface area contributed by atoms with Crippen molar-refractivity contribution in [1.82, 2.24) is 16.0 Å². The van der Waals surface area contributed by atoms with Gasteiger partial charge in [-0.25, -0.2) is 0 Å². The van der Waals surface area contributed by atoms with Crippen molar-refractivity contribution in [2.24, 2.45) is 0 Å². The van der Waals surface area contributed by atoms with E-state index in [0.29, 0.717) is 17.2 Å². The Morgan fingerprint density at radius 1 is 1.16 bits per heavy atom. The van der Waals surface area contributed by atoms with Crippen molar-refractivity contribution >= 4 is 39.2 Å². The maximum absolute atomic E-state index is 12.8. The van der Waals surface area contributed by atoms with Crippen LogP contribution in [0.3, 0.4) is 0 Å². The molecule has 1 heterocycles. The minimum absolute atomic E-state index is 0.114. The van der Waals surface area contributed by atoms with Crippen LogP contribution in [0.2, 0.25) is 0 Å². The maximum Gasteiger partial charge on any atom is 0.251 e. The van der Waals surface area contributed by atoms with E-state index in [1.165, 1.54) is 0 Å². The summed E-state index contributed by atoms with van der Waals surface area (Å²) < 4.78 is 0.989. The molecule has 128 valence electrons. The molecule has 0 spiro atoms. The fourth-order valence-electron chi connectivity index (χ4n) is 2.77. The minimum Gasteiger partial charge on any atom is -0.351 e. The molecule has 3 N–H and O–H groups in total. The summed E-state index contributed by atoms with van der Waals surface area (Å²) in [5, 5.41) is 9.76. The van der Waals surface area contributed by atoms with Gasteiger partial charge in [-0.2, -0.15) is 0 Å². The number of rotatable bonds is 4. The maximum atomic E-state index is 12.8. The van der Waals surface area contributed by atoms with Crippen LogP contribution in [0.25, 0.3) is 0 Å². The average Bonchev–Trinajstić information content (AvgIpc) is 2.60. The lowest BCUT2D eigenvalue weighted by atomic mass is 9.95. The predicted molar refractivity (Wildman–Crippen MR) is 107 cm³/mol. The lowest BCUT2D eigenvalue weighted by molar-refractivity contribution is -0.118. The molecule has 0 saturated carbocycles. The summed E-state index contributed by atoms with van der Waals surface area (Å²) in [6.07, 6.45) is 0. The topological polar surface area (TPSA) is 53.2 Å². The molecule has 3 rings (SSSR count). The van der Waals surface area contributed by atoms with Gasteiger partial charge in [0.15, 0.2) is 5.11 Å². The van der Waals surface area contributed by atoms with Crippen molar-refractivity contribution < 1.29 is 4.79 Å². The van der Waals surface area contributed by atoms with Crippen molar-refractivity contribution in [3.63, 3.8) is 0 Å². The first-order chi connectivity index (χ1) is 12.0. The van der Waals surface area contributed by atoms with E-state index in [1.807, 2.05) is 61.5 Å². The van der Waals surface area contributed by atoms with Gasteiger partial charge in [-0.1, -0.05) is 58.4 Å². The van der Waals surface area contributed by atoms with E-state index in [-0.39, 0.29) is 11.9 Å². The summed E-state index contributed by atoms with van der Waals surface area (Å²) in [7, 11) is 0. The highest BCUT2D eigenvalue weighted by Gasteiger charge is 2.29. The Morgan fingerprint density at radius 3 is 2.52 bits per heavy atom. The third-order valence-corrected chi connectivity index (χ3v) is 4.76. The first kappa shape index (κ1) is 17.6. The number of thiocarbonyl (C=S) groups is 1. The average molecular weight is 416 g/mol. The predicted octanol–water partition coefficient (Wildman–Crippen LogP) is 3.56. The Morgan fingerprint density at radius 2 is 1.84 bits per heavy atom. The normalized spacial score (nSPS) is 16.9. The third-order valence-electron chi connectivity index (χ3n) is 4.01. The zero-order chi connectivity index (χ0) is 17.8. The second-order valence-electron chi connectivity index (χ2n) is 5.79. The van der Waals surface area contributed by atoms with Crippen molar-refractivity contribution in [2.45, 2.75) is 19.5 Å². The number of halogens is 1. The number of benzene rings is 2. The van der Waals surface area contributed by atoms with Crippen LogP contribution in [0, 0.1) is 0 Å². The third kappa shape index (κ3) is 4.27. The number of hydrogen-bond donors (Lipinski definition) is 3. The fraction of sp³-hybridized carbons (Fsp3) is 0.158. The van der Waals surface area contributed by atoms with Crippen LogP contribution in [-0.4, -0.2) is 11.0 Å². The number of allylic oxidation sites excluding steroid dienone is 1. The molecule has 4 nitrogen and oxygen atoms in total. The lowest BCUT2D eigenvalue weighted by Gasteiger charge is -2.30. The minimum atomic E-state index is -0.280. The Bertz CT molecular complexity index is 818. The van der Waals surface area contributed by atoms with Gasteiger partial charge >= 0.3 is 0 Å². The number of carbonyl (C=O) groups excluding carboxylic acids is 1. The molecule has 0 aromatic heterocycles. The highest BCUT2D eigenvalue weighted by molar-refractivity contribution is 9.10. The number of carbonyl (C=O) groups is 1. The Balaban J connectivity index is 1.84. The van der Waals surface area contributed by atoms with Crippen LogP contribution < -0.4 is 16.0 Å². The molecule has 0 aliphatic carbocycles. The molecular formula is C19H18BrN3OS. The van der Waals surface area contributed by atoms with Crippen molar-refractivity contribution in [3.05, 3.63) is 81.5 Å². The van der Waals surface area contributed by atoms with Gasteiger partial charge in [0.05, 0.1) is 11.6 Å². The quantitative estimate of drug-likeness (QED) is 0.668. The van der Waals surface area contributed by atoms with Crippen molar-refractivity contribution in [1.29, 1.82) is 0 Å². The lowest BCUT2D eigenvalue weighted by Crippen LogP contribution is -2.46. The largest absolute Gasteiger partial charge is 0.351 e. The van der Waals surface area contributed by atoms with E-state index < -0.39 is 0 Å². The number of amides is 1. The Kier molecular flexibility index (Phi) is 5.50. The molecule has 1 amide bonds. The fourth-order valence-corrected chi connectivity index (χ4v) is 3.31. The summed E-state index contributed by atoms with van der Waals surface area (Å²) in [5.74, 6) is -0.114. The zero-order valence-corrected chi connectivity index (χ0v) is 16.1. The standard InChI is InChI=1S/C19H18BrN3OS/c1-12-16(18(24)21-11-13-5-3-2-4-6-13)17(23-19(25)22-12)14-7-9-15(20)10-8-14/h2-10,17H,11H2,1H3,(H,21,24)(H2,22,23,25). The molecule has 1 atom stereocenters. The van der Waals surface area contributed by atoms with Gasteiger partial charge < -0.3 is 16.0 Å². The molecule has 1 unspecified atom stereocenters. The van der Waals surface area contributed by atoms with Crippen molar-refractivity contribution in [3.8, 4) is 0 Å². The van der Waals surface area contributed by atoms with Gasteiger partial charge in [0.25, 0.3) is 5.91 Å². The van der Waals surface area contributed by atoms with Crippen LogP contribution in [0.1, 0.15) is 24.1 Å². The van der Waals surface area contributed by atoms with Crippen LogP contribution in [0.5, 0.6) is 0 Å². The van der Waals surface area contributed by atoms with Crippen LogP contribution in [-0.2, 0) is 11.3 Å². The van der Waals surface area contributed by atoms with E-state index >= 15 is 0 Å². The van der Waals surface area contributed by atoms with E-state index in [0.717, 1.165) is 21.3 Å². The summed E-state index contributed by atoms with van der Waals surface area (Å²) in [4.78, 5) is 12.8. The first-order valence-electron chi connectivity index (χ1n) is 7.90. The van der Waals surface area contributed by atoms with E-state index in [4.69, 9.17) is 12.2 Å². The number of nitrogens with one attached hydrogen (secondary N) is 3.